The van der Waals surface area contributed by atoms with Gasteiger partial charge in [-0.1, -0.05) is 5.16 Å². The van der Waals surface area contributed by atoms with Gasteiger partial charge >= 0.3 is 0 Å². The minimum atomic E-state index is -3.78. The molecule has 0 atom stereocenters. The van der Waals surface area contributed by atoms with Gasteiger partial charge in [0.1, 0.15) is 4.90 Å². The summed E-state index contributed by atoms with van der Waals surface area (Å²) in [6.07, 6.45) is 0. The van der Waals surface area contributed by atoms with Gasteiger partial charge in [0.2, 0.25) is 10.0 Å². The summed E-state index contributed by atoms with van der Waals surface area (Å²) in [7, 11) is -3.78. The van der Waals surface area contributed by atoms with Gasteiger partial charge in [0.25, 0.3) is 0 Å². The van der Waals surface area contributed by atoms with Crippen LogP contribution in [0.15, 0.2) is 33.7 Å². The van der Waals surface area contributed by atoms with Gasteiger partial charge in [-0.05, 0) is 25.1 Å². The molecule has 2 aromatic rings. The van der Waals surface area contributed by atoms with Gasteiger partial charge in [-0.25, -0.2) is 13.1 Å². The van der Waals surface area contributed by atoms with Crippen molar-refractivity contribution in [1.82, 2.24) is 9.88 Å². The third-order valence-corrected chi connectivity index (χ3v) is 4.02. The van der Waals surface area contributed by atoms with E-state index < -0.39 is 10.0 Å². The summed E-state index contributed by atoms with van der Waals surface area (Å²) in [5, 5.41) is 12.4. The lowest BCUT2D eigenvalue weighted by Gasteiger charge is -2.07. The molecule has 0 unspecified atom stereocenters. The van der Waals surface area contributed by atoms with E-state index in [-0.39, 0.29) is 17.1 Å². The van der Waals surface area contributed by atoms with E-state index in [2.05, 4.69) is 9.88 Å². The number of rotatable bonds is 4. The number of hydrogen-bond acceptors (Lipinski definition) is 6. The van der Waals surface area contributed by atoms with Crippen molar-refractivity contribution in [3.8, 4) is 6.07 Å². The van der Waals surface area contributed by atoms with Crippen molar-refractivity contribution in [3.63, 3.8) is 0 Å². The normalized spacial score (nSPS) is 11.2. The van der Waals surface area contributed by atoms with Crippen LogP contribution in [0.4, 0.5) is 5.69 Å². The summed E-state index contributed by atoms with van der Waals surface area (Å²) in [5.74, 6) is 0.401. The van der Waals surface area contributed by atoms with Crippen LogP contribution < -0.4 is 10.5 Å². The van der Waals surface area contributed by atoms with Gasteiger partial charge in [0.15, 0.2) is 5.76 Å². The smallest absolute Gasteiger partial charge is 0.243 e. The highest BCUT2D eigenvalue weighted by Gasteiger charge is 2.18. The van der Waals surface area contributed by atoms with Crippen LogP contribution in [-0.2, 0) is 16.6 Å². The molecule has 1 aromatic heterocycles. The summed E-state index contributed by atoms with van der Waals surface area (Å²) >= 11 is 0. The molecule has 0 radical (unpaired) electrons. The van der Waals surface area contributed by atoms with E-state index in [0.29, 0.717) is 17.0 Å². The van der Waals surface area contributed by atoms with Crippen LogP contribution in [0.5, 0.6) is 0 Å². The molecule has 2 rings (SSSR count). The molecular formula is C12H12N4O3S. The van der Waals surface area contributed by atoms with E-state index in [9.17, 15) is 8.42 Å². The van der Waals surface area contributed by atoms with Gasteiger partial charge in [-0.15, -0.1) is 0 Å². The molecule has 0 aliphatic carbocycles. The molecule has 1 aromatic carbocycles. The van der Waals surface area contributed by atoms with Gasteiger partial charge in [0, 0.05) is 6.07 Å². The van der Waals surface area contributed by atoms with Crippen LogP contribution in [0.3, 0.4) is 0 Å². The van der Waals surface area contributed by atoms with E-state index in [0.717, 1.165) is 0 Å². The molecule has 0 spiro atoms. The van der Waals surface area contributed by atoms with Gasteiger partial charge in [0.05, 0.1) is 29.6 Å². The molecule has 0 aliphatic rings. The summed E-state index contributed by atoms with van der Waals surface area (Å²) < 4.78 is 31.5. The molecular weight excluding hydrogens is 280 g/mol. The Hall–Kier alpha value is -2.37. The second kappa shape index (κ2) is 5.32. The molecule has 0 saturated heterocycles. The molecule has 8 heteroatoms. The second-order valence-electron chi connectivity index (χ2n) is 4.12. The Labute approximate surface area is 116 Å². The van der Waals surface area contributed by atoms with Crippen molar-refractivity contribution < 1.29 is 12.9 Å². The zero-order chi connectivity index (χ0) is 14.8. The molecule has 0 aliphatic heterocycles. The number of nitrogens with one attached hydrogen (secondary N) is 1. The number of benzene rings is 1. The van der Waals surface area contributed by atoms with Crippen LogP contribution in [0, 0.1) is 18.3 Å². The van der Waals surface area contributed by atoms with Crippen molar-refractivity contribution in [2.24, 2.45) is 0 Å². The number of nitrogens with two attached hydrogens (primary N) is 1. The Kier molecular flexibility index (Phi) is 3.74. The highest BCUT2D eigenvalue weighted by Crippen LogP contribution is 2.19. The van der Waals surface area contributed by atoms with Crippen LogP contribution >= 0.6 is 0 Å². The second-order valence-corrected chi connectivity index (χ2v) is 5.86. The van der Waals surface area contributed by atoms with Crippen LogP contribution in [-0.4, -0.2) is 13.6 Å². The average molecular weight is 292 g/mol. The molecule has 0 fully saturated rings. The summed E-state index contributed by atoms with van der Waals surface area (Å²) in [4.78, 5) is -0.0762. The summed E-state index contributed by atoms with van der Waals surface area (Å²) in [6.45, 7) is 1.71. The number of nitriles is 1. The maximum atomic E-state index is 12.1. The molecule has 0 bridgehead atoms. The van der Waals surface area contributed by atoms with Gasteiger partial charge < -0.3 is 10.3 Å². The number of nitrogens with zero attached hydrogens (tertiary/aromatic N) is 2. The molecule has 3 N–H and O–H groups in total. The predicted octanol–water partition coefficient (Wildman–Crippen LogP) is 0.915. The molecule has 104 valence electrons. The molecule has 0 amide bonds. The first-order valence-electron chi connectivity index (χ1n) is 5.64. The first-order chi connectivity index (χ1) is 9.42. The Balaban J connectivity index is 2.20. The summed E-state index contributed by atoms with van der Waals surface area (Å²) in [6, 6.07) is 7.52. The Bertz CT molecular complexity index is 774. The average Bonchev–Trinajstić information content (AvgIpc) is 2.82. The largest absolute Gasteiger partial charge is 0.398 e. The Morgan fingerprint density at radius 2 is 2.20 bits per heavy atom. The van der Waals surface area contributed by atoms with E-state index in [1.54, 1.807) is 13.0 Å². The minimum Gasteiger partial charge on any atom is -0.398 e. The highest BCUT2D eigenvalue weighted by molar-refractivity contribution is 7.89. The Morgan fingerprint density at radius 3 is 2.75 bits per heavy atom. The predicted molar refractivity (Wildman–Crippen MR) is 70.8 cm³/mol. The van der Waals surface area contributed by atoms with Gasteiger partial charge in [-0.2, -0.15) is 5.26 Å². The monoisotopic (exact) mass is 292 g/mol. The van der Waals surface area contributed by atoms with Crippen molar-refractivity contribution in [2.45, 2.75) is 18.4 Å². The fraction of sp³-hybridized carbons (Fsp3) is 0.167. The number of hydrogen-bond donors (Lipinski definition) is 2. The molecule has 20 heavy (non-hydrogen) atoms. The lowest BCUT2D eigenvalue weighted by Crippen LogP contribution is -2.24. The quantitative estimate of drug-likeness (QED) is 0.808. The number of sulfonamides is 1. The number of aryl methyl sites for hydroxylation is 1. The molecule has 1 heterocycles. The highest BCUT2D eigenvalue weighted by atomic mass is 32.2. The SMILES string of the molecule is Cc1cc(CNS(=O)(=O)c2ccc(C#N)cc2N)on1. The van der Waals surface area contributed by atoms with Gasteiger partial charge in [-0.3, -0.25) is 0 Å². The lowest BCUT2D eigenvalue weighted by atomic mass is 10.2. The fourth-order valence-electron chi connectivity index (χ4n) is 1.61. The van der Waals surface area contributed by atoms with Crippen molar-refractivity contribution in [1.29, 1.82) is 5.26 Å². The molecule has 0 saturated carbocycles. The summed E-state index contributed by atoms with van der Waals surface area (Å²) in [5.41, 5.74) is 6.63. The van der Waals surface area contributed by atoms with Crippen molar-refractivity contribution >= 4 is 15.7 Å². The van der Waals surface area contributed by atoms with E-state index in [4.69, 9.17) is 15.5 Å². The third kappa shape index (κ3) is 2.96. The zero-order valence-corrected chi connectivity index (χ0v) is 11.4. The number of nitrogen functional groups attached to an aromatic ring is 1. The lowest BCUT2D eigenvalue weighted by molar-refractivity contribution is 0.377. The fourth-order valence-corrected chi connectivity index (χ4v) is 2.71. The van der Waals surface area contributed by atoms with Crippen LogP contribution in [0.1, 0.15) is 17.0 Å². The van der Waals surface area contributed by atoms with Crippen molar-refractivity contribution in [2.75, 3.05) is 5.73 Å². The van der Waals surface area contributed by atoms with E-state index in [1.165, 1.54) is 18.2 Å². The Morgan fingerprint density at radius 1 is 1.45 bits per heavy atom. The third-order valence-electron chi connectivity index (χ3n) is 2.54. The van der Waals surface area contributed by atoms with E-state index >= 15 is 0 Å². The topological polar surface area (TPSA) is 122 Å². The zero-order valence-electron chi connectivity index (χ0n) is 10.6. The molecule has 7 nitrogen and oxygen atoms in total. The first-order valence-corrected chi connectivity index (χ1v) is 7.12. The minimum absolute atomic E-state index is 0.0188. The standard InChI is InChI=1S/C12H12N4O3S/c1-8-4-10(19-16-8)7-15-20(17,18)12-3-2-9(6-13)5-11(12)14/h2-5,15H,7,14H2,1H3. The maximum absolute atomic E-state index is 12.1. The van der Waals surface area contributed by atoms with E-state index in [1.807, 2.05) is 6.07 Å². The number of aromatic nitrogens is 1. The maximum Gasteiger partial charge on any atom is 0.243 e. The first kappa shape index (κ1) is 14.0. The van der Waals surface area contributed by atoms with Crippen molar-refractivity contribution in [3.05, 3.63) is 41.3 Å². The van der Waals surface area contributed by atoms with Crippen LogP contribution in [0.25, 0.3) is 0 Å². The van der Waals surface area contributed by atoms with Crippen LogP contribution in [0.2, 0.25) is 0 Å². The number of anilines is 1.